The van der Waals surface area contributed by atoms with Gasteiger partial charge in [0.1, 0.15) is 42.2 Å². The van der Waals surface area contributed by atoms with E-state index in [1.54, 1.807) is 30.6 Å². The molecule has 14 atom stereocenters. The maximum Gasteiger partial charge on any atom is 0.411 e. The van der Waals surface area contributed by atoms with Crippen molar-refractivity contribution in [3.63, 3.8) is 0 Å². The molecule has 18 nitrogen and oxygen atoms in total. The molecule has 4 aromatic carbocycles. The summed E-state index contributed by atoms with van der Waals surface area (Å²) in [6.45, 7) is 32.8. The van der Waals surface area contributed by atoms with Gasteiger partial charge in [0, 0.05) is 26.2 Å². The minimum Gasteiger partial charge on any atom is -0.444 e. The molecule has 3 amide bonds. The van der Waals surface area contributed by atoms with Gasteiger partial charge in [-0.1, -0.05) is 163 Å². The number of nitrogens with one attached hydrogen (secondary N) is 1. The molecule has 8 heterocycles. The van der Waals surface area contributed by atoms with Gasteiger partial charge < -0.3 is 47.3 Å². The number of carbonyl (C=O) groups excluding carboxylic acids is 5. The van der Waals surface area contributed by atoms with Crippen LogP contribution in [0.3, 0.4) is 0 Å². The van der Waals surface area contributed by atoms with Gasteiger partial charge in [0.05, 0.1) is 83.4 Å². The van der Waals surface area contributed by atoms with E-state index in [2.05, 4.69) is 144 Å². The Balaban J connectivity index is 0.000000177. The number of halogens is 5. The quantitative estimate of drug-likeness (QED) is 0.0995. The van der Waals surface area contributed by atoms with Crippen LogP contribution in [0, 0.1) is 0 Å². The van der Waals surface area contributed by atoms with Crippen LogP contribution in [-0.2, 0) is 51.6 Å². The number of likely N-dealkylation sites (tertiary alicyclic amines) is 3. The molecule has 8 saturated heterocycles. The lowest BCUT2D eigenvalue weighted by atomic mass is 10.1. The number of rotatable bonds is 8. The number of ketones is 2. The van der Waals surface area contributed by atoms with Gasteiger partial charge in [-0.3, -0.25) is 24.3 Å². The van der Waals surface area contributed by atoms with E-state index in [0.29, 0.717) is 32.8 Å². The van der Waals surface area contributed by atoms with Crippen molar-refractivity contribution < 1.29 is 66.0 Å². The molecule has 25 heteroatoms. The standard InChI is InChI=1S/2C27H36ClNO4Si.C11H16ClNO4.C6H8ClNO2.ClH/c2*1-26(2,3)32-25(30)29-17-21(28)24-23(29)22(18-31-24)33-34(27(4,5)6,19-13-9-7-10-14-19)20-15-11-8-12-16-20;1-11(2,3)17-10(15)13-4-6(12)9-8(13)7(14)5-16-9;7-3-1-8-5-4(9)2-10-6(3)5;/h2*7-16,21-24H,17-18H2,1-6H3;6,8-9H,4-5H2,1-3H3;3,5-6,8H,1-2H2;1H/t2*21-,22+,23-,24-;6-,8-,9-;3-,5-,6-;/m1111./s1. The maximum absolute atomic E-state index is 13.1. The van der Waals surface area contributed by atoms with Gasteiger partial charge >= 0.3 is 18.3 Å². The van der Waals surface area contributed by atoms with Crippen molar-refractivity contribution in [3.8, 4) is 0 Å². The summed E-state index contributed by atoms with van der Waals surface area (Å²) in [4.78, 5) is 65.6. The summed E-state index contributed by atoms with van der Waals surface area (Å²) in [6, 6.07) is 40.8. The fraction of sp³-hybridized carbons (Fsp3) is 0.592. The smallest absolute Gasteiger partial charge is 0.411 e. The van der Waals surface area contributed by atoms with E-state index in [-0.39, 0.29) is 136 Å². The number of hydrogen-bond acceptors (Lipinski definition) is 15. The fourth-order valence-electron chi connectivity index (χ4n) is 14.1. The predicted molar refractivity (Wildman–Crippen MR) is 382 cm³/mol. The second-order valence-electron chi connectivity index (χ2n) is 30.5. The van der Waals surface area contributed by atoms with Crippen molar-refractivity contribution in [1.82, 2.24) is 20.0 Å². The van der Waals surface area contributed by atoms with Crippen LogP contribution in [0.15, 0.2) is 121 Å². The largest absolute Gasteiger partial charge is 0.444 e. The SMILES string of the molecule is CC(C)(C)OC(=O)N1C[C@@H](Cl)[C@H]2OCC(=O)[C@H]21.CC(C)(C)OC(=O)N1C[C@@H](Cl)[C@H]2OC[C@H](O[Si](c3ccccc3)(c3ccccc3)C(C)(C)C)[C@H]21.CC(C)(C)OC(=O)N1C[C@@H](Cl)[C@H]2OC[C@H](O[Si](c3ccccc3)(c3ccccc3)C(C)(C)C)[C@H]21.Cl.O=C1CO[C@@H]2[C@H](Cl)CN[C@H]12. The molecule has 0 aromatic heterocycles. The number of hydrogen-bond donors (Lipinski definition) is 1. The number of nitrogens with zero attached hydrogens (tertiary/aromatic N) is 3. The van der Waals surface area contributed by atoms with Crippen molar-refractivity contribution >= 4 is 126 Å². The van der Waals surface area contributed by atoms with Gasteiger partial charge in [-0.2, -0.15) is 0 Å². The van der Waals surface area contributed by atoms with Crippen LogP contribution >= 0.6 is 58.8 Å². The highest BCUT2D eigenvalue weighted by atomic mass is 35.5. The molecule has 528 valence electrons. The first-order valence-corrected chi connectivity index (χ1v) is 38.4. The Hall–Kier alpha value is -4.37. The lowest BCUT2D eigenvalue weighted by molar-refractivity contribution is -0.121. The number of amides is 3. The lowest BCUT2D eigenvalue weighted by Gasteiger charge is -2.45. The molecule has 8 aliphatic rings. The molecular weight excluding hydrogens is 1370 g/mol. The van der Waals surface area contributed by atoms with Crippen LogP contribution in [0.5, 0.6) is 0 Å². The van der Waals surface area contributed by atoms with Gasteiger partial charge in [-0.25, -0.2) is 14.4 Å². The van der Waals surface area contributed by atoms with Crippen LogP contribution in [0.4, 0.5) is 14.4 Å². The highest BCUT2D eigenvalue weighted by molar-refractivity contribution is 7.00. The molecule has 1 N–H and O–H groups in total. The molecule has 0 bridgehead atoms. The van der Waals surface area contributed by atoms with E-state index in [0.717, 1.165) is 0 Å². The zero-order valence-electron chi connectivity index (χ0n) is 57.8. The number of Topliss-reactive ketones (excluding diaryl/α,β-unsaturated/α-hetero) is 2. The Bertz CT molecular complexity index is 3040. The Kier molecular flexibility index (Phi) is 24.9. The highest BCUT2D eigenvalue weighted by Crippen LogP contribution is 2.44. The number of benzene rings is 4. The zero-order valence-corrected chi connectivity index (χ0v) is 63.6. The molecule has 0 radical (unpaired) electrons. The van der Waals surface area contributed by atoms with E-state index in [1.807, 2.05) is 65.8 Å². The van der Waals surface area contributed by atoms with E-state index in [1.165, 1.54) is 25.6 Å². The van der Waals surface area contributed by atoms with E-state index in [9.17, 15) is 24.0 Å². The second-order valence-corrected chi connectivity index (χ2v) is 41.2. The van der Waals surface area contributed by atoms with Crippen LogP contribution in [0.1, 0.15) is 104 Å². The first-order chi connectivity index (χ1) is 44.5. The van der Waals surface area contributed by atoms with Crippen molar-refractivity contribution in [2.75, 3.05) is 52.6 Å². The Morgan fingerprint density at radius 3 is 1.08 bits per heavy atom. The highest BCUT2D eigenvalue weighted by Gasteiger charge is 2.61. The summed E-state index contributed by atoms with van der Waals surface area (Å²) >= 11 is 25.2. The monoisotopic (exact) mass is 1460 g/mol. The number of carbonyl (C=O) groups is 5. The molecule has 4 aromatic rings. The maximum atomic E-state index is 13.1. The summed E-state index contributed by atoms with van der Waals surface area (Å²) < 4.78 is 54.1. The zero-order chi connectivity index (χ0) is 69.4. The second kappa shape index (κ2) is 30.9. The Morgan fingerprint density at radius 1 is 0.438 bits per heavy atom. The van der Waals surface area contributed by atoms with Crippen LogP contribution in [0.2, 0.25) is 10.1 Å². The predicted octanol–water partition coefficient (Wildman–Crippen LogP) is 10.3. The number of ether oxygens (including phenoxy) is 7. The Morgan fingerprint density at radius 2 is 0.750 bits per heavy atom. The van der Waals surface area contributed by atoms with E-state index in [4.69, 9.17) is 88.4 Å². The van der Waals surface area contributed by atoms with Crippen molar-refractivity contribution in [3.05, 3.63) is 121 Å². The summed E-state index contributed by atoms with van der Waals surface area (Å²) in [5.41, 5.74) is -1.77. The number of alkyl halides is 4. The van der Waals surface area contributed by atoms with E-state index >= 15 is 0 Å². The molecule has 8 aliphatic heterocycles. The third-order valence-corrected chi connectivity index (χ3v) is 29.7. The molecule has 8 fully saturated rings. The van der Waals surface area contributed by atoms with Gasteiger partial charge in [-0.15, -0.1) is 58.8 Å². The summed E-state index contributed by atoms with van der Waals surface area (Å²) in [5, 5.41) is 6.46. The van der Waals surface area contributed by atoms with Gasteiger partial charge in [-0.05, 0) is 93.1 Å². The molecule has 0 spiro atoms. The first-order valence-electron chi connectivity index (χ1n) is 32.8. The van der Waals surface area contributed by atoms with Crippen molar-refractivity contribution in [2.24, 2.45) is 0 Å². The lowest BCUT2D eigenvalue weighted by Crippen LogP contribution is -2.69. The first kappa shape index (κ1) is 77.4. The molecule has 0 saturated carbocycles. The minimum absolute atomic E-state index is 0. The van der Waals surface area contributed by atoms with Crippen LogP contribution in [0.25, 0.3) is 0 Å². The molecule has 96 heavy (non-hydrogen) atoms. The summed E-state index contributed by atoms with van der Waals surface area (Å²) in [7, 11) is -5.62. The molecule has 0 unspecified atom stereocenters. The molecule has 12 rings (SSSR count). The Labute approximate surface area is 595 Å². The van der Waals surface area contributed by atoms with Crippen LogP contribution < -0.4 is 26.1 Å². The number of fused-ring (bicyclic) bond motifs is 4. The van der Waals surface area contributed by atoms with Crippen molar-refractivity contribution in [2.45, 2.75) is 213 Å². The fourth-order valence-corrected chi connectivity index (χ4v) is 24.8. The minimum atomic E-state index is -2.81. The van der Waals surface area contributed by atoms with Gasteiger partial charge in [0.15, 0.2) is 11.6 Å². The third kappa shape index (κ3) is 17.0. The van der Waals surface area contributed by atoms with Crippen molar-refractivity contribution in [1.29, 1.82) is 0 Å². The van der Waals surface area contributed by atoms with Gasteiger partial charge in [0.25, 0.3) is 16.6 Å². The average Bonchev–Trinajstić information content (AvgIpc) is 1.66. The normalized spacial score (nSPS) is 28.6. The molecular formula is C71H97Cl5N4O14Si2. The van der Waals surface area contributed by atoms with Gasteiger partial charge in [0.2, 0.25) is 0 Å². The third-order valence-electron chi connectivity index (χ3n) is 18.0. The topological polar surface area (TPSA) is 190 Å². The summed E-state index contributed by atoms with van der Waals surface area (Å²) in [5.74, 6) is 0.0251. The molecule has 0 aliphatic carbocycles. The van der Waals surface area contributed by atoms with E-state index < -0.39 is 51.7 Å². The summed E-state index contributed by atoms with van der Waals surface area (Å²) in [6.07, 6.45) is -2.89. The average molecular weight is 1460 g/mol. The van der Waals surface area contributed by atoms with Crippen LogP contribution in [-0.4, -0.2) is 213 Å².